The molecule has 5 aliphatic rings. The minimum atomic E-state index is -0.128. The summed E-state index contributed by atoms with van der Waals surface area (Å²) in [6.07, 6.45) is 15.4. The van der Waals surface area contributed by atoms with Gasteiger partial charge >= 0.3 is 0 Å². The zero-order valence-electron chi connectivity index (χ0n) is 19.5. The fraction of sp³-hybridized carbons (Fsp3) is 0.926. The summed E-state index contributed by atoms with van der Waals surface area (Å²) in [5.41, 5.74) is 2.41. The summed E-state index contributed by atoms with van der Waals surface area (Å²) in [6, 6.07) is 0. The number of epoxide rings is 1. The van der Waals surface area contributed by atoms with Crippen molar-refractivity contribution in [3.05, 3.63) is 11.6 Å². The van der Waals surface area contributed by atoms with Crippen molar-refractivity contribution in [3.8, 4) is 0 Å². The van der Waals surface area contributed by atoms with E-state index in [1.807, 2.05) is 0 Å². The smallest absolute Gasteiger partial charge is 0.106 e. The summed E-state index contributed by atoms with van der Waals surface area (Å²) in [4.78, 5) is 0. The van der Waals surface area contributed by atoms with Gasteiger partial charge in [0.2, 0.25) is 0 Å². The maximum absolute atomic E-state index is 10.3. The first-order valence-electron chi connectivity index (χ1n) is 12.8. The van der Waals surface area contributed by atoms with Crippen LogP contribution < -0.4 is 0 Å². The second-order valence-electron chi connectivity index (χ2n) is 12.5. The predicted molar refractivity (Wildman–Crippen MR) is 119 cm³/mol. The number of rotatable bonds is 5. The van der Waals surface area contributed by atoms with Crippen molar-refractivity contribution in [2.24, 2.45) is 40.4 Å². The number of hydrogen-bond acceptors (Lipinski definition) is 2. The van der Waals surface area contributed by atoms with Crippen molar-refractivity contribution >= 4 is 0 Å². The van der Waals surface area contributed by atoms with Gasteiger partial charge in [0.05, 0.1) is 6.10 Å². The molecule has 2 nitrogen and oxygen atoms in total. The summed E-state index contributed by atoms with van der Waals surface area (Å²) < 4.78 is 6.72. The standard InChI is InChI=1S/C27H44O2/c1-17(2)7-6-8-18(3)21-9-10-22-26(21,5)14-12-23-25(4)13-11-20(28)15-19(25)16-24-27(22,23)29-24/h16-18,20-24,28H,6-15H2,1-5H3/t18?,20-,21+,22+,23+,24?,25-,26+,27+/m0/s1. The molecule has 164 valence electrons. The van der Waals surface area contributed by atoms with E-state index < -0.39 is 0 Å². The van der Waals surface area contributed by atoms with E-state index in [9.17, 15) is 5.11 Å². The summed E-state index contributed by atoms with van der Waals surface area (Å²) >= 11 is 0. The Morgan fingerprint density at radius 1 is 1.03 bits per heavy atom. The maximum atomic E-state index is 10.3. The average molecular weight is 401 g/mol. The van der Waals surface area contributed by atoms with Crippen LogP contribution in [0.5, 0.6) is 0 Å². The number of aliphatic hydroxyl groups is 1. The molecule has 2 unspecified atom stereocenters. The molecular formula is C27H44O2. The van der Waals surface area contributed by atoms with Gasteiger partial charge in [-0.3, -0.25) is 0 Å². The van der Waals surface area contributed by atoms with Crippen molar-refractivity contribution in [1.82, 2.24) is 0 Å². The Morgan fingerprint density at radius 2 is 1.83 bits per heavy atom. The van der Waals surface area contributed by atoms with Crippen LogP contribution in [0.4, 0.5) is 0 Å². The molecule has 29 heavy (non-hydrogen) atoms. The number of ether oxygens (including phenoxy) is 1. The van der Waals surface area contributed by atoms with Crippen molar-refractivity contribution < 1.29 is 9.84 Å². The Hall–Kier alpha value is -0.340. The van der Waals surface area contributed by atoms with Crippen LogP contribution in [0.3, 0.4) is 0 Å². The Labute approximate surface area is 178 Å². The third-order valence-electron chi connectivity index (χ3n) is 10.6. The topological polar surface area (TPSA) is 32.8 Å². The summed E-state index contributed by atoms with van der Waals surface area (Å²) in [5.74, 6) is 4.00. The molecule has 1 heterocycles. The zero-order valence-corrected chi connectivity index (χ0v) is 19.5. The van der Waals surface area contributed by atoms with Crippen LogP contribution in [0.15, 0.2) is 11.6 Å². The lowest BCUT2D eigenvalue weighted by Crippen LogP contribution is -2.56. The molecule has 0 aromatic heterocycles. The minimum absolute atomic E-state index is 0.128. The molecule has 0 aromatic carbocycles. The first kappa shape index (κ1) is 20.6. The molecule has 0 amide bonds. The van der Waals surface area contributed by atoms with E-state index in [1.54, 1.807) is 0 Å². The summed E-state index contributed by atoms with van der Waals surface area (Å²) in [7, 11) is 0. The molecule has 1 spiro atoms. The van der Waals surface area contributed by atoms with Crippen LogP contribution in [-0.2, 0) is 4.74 Å². The molecule has 1 saturated heterocycles. The SMILES string of the molecule is CC(C)CCCC(C)[C@H]1CC[C@@H]2[C@]1(C)CC[C@H]1[C@]23OC3C=C2C[C@@H](O)CC[C@@]21C. The van der Waals surface area contributed by atoms with Gasteiger partial charge in [0.1, 0.15) is 11.7 Å². The predicted octanol–water partition coefficient (Wildman–Crippen LogP) is 6.52. The highest BCUT2D eigenvalue weighted by Gasteiger charge is 2.76. The van der Waals surface area contributed by atoms with Crippen molar-refractivity contribution in [2.75, 3.05) is 0 Å². The van der Waals surface area contributed by atoms with E-state index in [1.165, 1.54) is 50.5 Å². The third-order valence-corrected chi connectivity index (χ3v) is 10.6. The van der Waals surface area contributed by atoms with Crippen LogP contribution in [-0.4, -0.2) is 22.9 Å². The molecule has 4 fully saturated rings. The first-order valence-corrected chi connectivity index (χ1v) is 12.8. The highest BCUT2D eigenvalue weighted by atomic mass is 16.6. The van der Waals surface area contributed by atoms with E-state index in [2.05, 4.69) is 40.7 Å². The Kier molecular flexibility index (Phi) is 4.84. The molecule has 1 N–H and O–H groups in total. The monoisotopic (exact) mass is 400 g/mol. The number of hydrogen-bond donors (Lipinski definition) is 1. The molecule has 3 saturated carbocycles. The maximum Gasteiger partial charge on any atom is 0.106 e. The van der Waals surface area contributed by atoms with E-state index in [-0.39, 0.29) is 17.1 Å². The molecular weight excluding hydrogens is 356 g/mol. The van der Waals surface area contributed by atoms with Crippen molar-refractivity contribution in [3.63, 3.8) is 0 Å². The number of fused-ring (bicyclic) bond motifs is 3. The lowest BCUT2D eigenvalue weighted by atomic mass is 9.46. The van der Waals surface area contributed by atoms with Crippen LogP contribution in [0, 0.1) is 40.4 Å². The number of aliphatic hydroxyl groups excluding tert-OH is 1. The minimum Gasteiger partial charge on any atom is -0.393 e. The molecule has 0 bridgehead atoms. The van der Waals surface area contributed by atoms with Gasteiger partial charge < -0.3 is 9.84 Å². The Balaban J connectivity index is 1.38. The highest BCUT2D eigenvalue weighted by molar-refractivity contribution is 5.38. The zero-order chi connectivity index (χ0) is 20.6. The fourth-order valence-electron chi connectivity index (χ4n) is 9.05. The molecule has 5 rings (SSSR count). The molecule has 1 aliphatic heterocycles. The van der Waals surface area contributed by atoms with Crippen LogP contribution >= 0.6 is 0 Å². The molecule has 2 heteroatoms. The molecule has 0 aromatic rings. The van der Waals surface area contributed by atoms with Gasteiger partial charge in [0.15, 0.2) is 0 Å². The van der Waals surface area contributed by atoms with E-state index in [0.29, 0.717) is 17.4 Å². The first-order chi connectivity index (χ1) is 13.7. The molecule has 9 atom stereocenters. The summed E-state index contributed by atoms with van der Waals surface area (Å²) in [6.45, 7) is 12.4. The Morgan fingerprint density at radius 3 is 2.59 bits per heavy atom. The summed E-state index contributed by atoms with van der Waals surface area (Å²) in [5, 5.41) is 10.3. The van der Waals surface area contributed by atoms with Crippen LogP contribution in [0.25, 0.3) is 0 Å². The van der Waals surface area contributed by atoms with Crippen molar-refractivity contribution in [1.29, 1.82) is 0 Å². The van der Waals surface area contributed by atoms with Crippen molar-refractivity contribution in [2.45, 2.75) is 117 Å². The van der Waals surface area contributed by atoms with Gasteiger partial charge in [-0.1, -0.05) is 65.5 Å². The van der Waals surface area contributed by atoms with E-state index >= 15 is 0 Å². The third kappa shape index (κ3) is 2.87. The molecule has 0 radical (unpaired) electrons. The highest BCUT2D eigenvalue weighted by Crippen LogP contribution is 2.74. The van der Waals surface area contributed by atoms with Crippen LogP contribution in [0.2, 0.25) is 0 Å². The van der Waals surface area contributed by atoms with Gasteiger partial charge in [0, 0.05) is 5.92 Å². The van der Waals surface area contributed by atoms with Gasteiger partial charge in [-0.05, 0) is 79.4 Å². The lowest BCUT2D eigenvalue weighted by Gasteiger charge is -2.57. The average Bonchev–Trinajstić information content (AvgIpc) is 3.22. The largest absolute Gasteiger partial charge is 0.393 e. The second kappa shape index (κ2) is 6.83. The quantitative estimate of drug-likeness (QED) is 0.421. The second-order valence-corrected chi connectivity index (χ2v) is 12.5. The van der Waals surface area contributed by atoms with Gasteiger partial charge in [-0.2, -0.15) is 0 Å². The van der Waals surface area contributed by atoms with Crippen LogP contribution in [0.1, 0.15) is 98.8 Å². The van der Waals surface area contributed by atoms with Gasteiger partial charge in [-0.15, -0.1) is 0 Å². The molecule has 4 aliphatic carbocycles. The van der Waals surface area contributed by atoms with Gasteiger partial charge in [-0.25, -0.2) is 0 Å². The van der Waals surface area contributed by atoms with E-state index in [0.717, 1.165) is 42.9 Å². The van der Waals surface area contributed by atoms with Gasteiger partial charge in [0.25, 0.3) is 0 Å². The Bertz CT molecular complexity index is 682. The van der Waals surface area contributed by atoms with E-state index in [4.69, 9.17) is 4.74 Å². The lowest BCUT2D eigenvalue weighted by molar-refractivity contribution is -0.0694. The normalized spacial score (nSPS) is 51.6. The fourth-order valence-corrected chi connectivity index (χ4v) is 9.05.